The number of carbonyl (C=O) groups is 1. The molecule has 0 radical (unpaired) electrons. The van der Waals surface area contributed by atoms with Crippen LogP contribution in [-0.4, -0.2) is 15.8 Å². The van der Waals surface area contributed by atoms with Gasteiger partial charge < -0.3 is 10.6 Å². The normalized spacial score (nSPS) is 10.3. The maximum absolute atomic E-state index is 11.6. The first kappa shape index (κ1) is 15.4. The molecule has 0 unspecified atom stereocenters. The summed E-state index contributed by atoms with van der Waals surface area (Å²) in [6, 6.07) is 9.76. The Morgan fingerprint density at radius 1 is 1.18 bits per heavy atom. The van der Waals surface area contributed by atoms with E-state index in [0.717, 1.165) is 0 Å². The van der Waals surface area contributed by atoms with Gasteiger partial charge in [-0.2, -0.15) is 0 Å². The van der Waals surface area contributed by atoms with E-state index in [4.69, 9.17) is 0 Å². The molecule has 2 aromatic rings. The van der Waals surface area contributed by atoms with Gasteiger partial charge in [0, 0.05) is 29.6 Å². The fraction of sp³-hybridized carbons (Fsp3) is 0.200. The number of carbonyl (C=O) groups excluding carboxylic acids is 1. The Morgan fingerprint density at radius 3 is 2.41 bits per heavy atom. The summed E-state index contributed by atoms with van der Waals surface area (Å²) >= 11 is 0. The lowest BCUT2D eigenvalue weighted by Crippen LogP contribution is -2.17. The van der Waals surface area contributed by atoms with Crippen LogP contribution in [0, 0.1) is 16.0 Å². The van der Waals surface area contributed by atoms with Crippen molar-refractivity contribution in [2.75, 3.05) is 10.6 Å². The third kappa shape index (κ3) is 3.78. The zero-order valence-electron chi connectivity index (χ0n) is 12.2. The highest BCUT2D eigenvalue weighted by Crippen LogP contribution is 2.25. The second-order valence-electron chi connectivity index (χ2n) is 4.97. The Hall–Kier alpha value is -2.96. The van der Waals surface area contributed by atoms with Gasteiger partial charge >= 0.3 is 5.69 Å². The minimum Gasteiger partial charge on any atom is -0.334 e. The van der Waals surface area contributed by atoms with Gasteiger partial charge in [0.15, 0.2) is 0 Å². The van der Waals surface area contributed by atoms with Crippen LogP contribution in [0.1, 0.15) is 13.8 Å². The molecule has 1 amide bonds. The van der Waals surface area contributed by atoms with Gasteiger partial charge in [-0.1, -0.05) is 13.8 Å². The summed E-state index contributed by atoms with van der Waals surface area (Å²) in [5.41, 5.74) is 1.21. The minimum atomic E-state index is -0.493. The Balaban J connectivity index is 2.12. The topological polar surface area (TPSA) is 97.2 Å². The average Bonchev–Trinajstić information content (AvgIpc) is 2.49. The second kappa shape index (κ2) is 6.66. The lowest BCUT2D eigenvalue weighted by molar-refractivity contribution is -0.384. The van der Waals surface area contributed by atoms with Crippen LogP contribution in [0.4, 0.5) is 22.9 Å². The molecule has 1 aromatic heterocycles. The first-order chi connectivity index (χ1) is 10.5. The van der Waals surface area contributed by atoms with Crippen molar-refractivity contribution in [3.05, 3.63) is 52.7 Å². The van der Waals surface area contributed by atoms with Crippen molar-refractivity contribution >= 4 is 28.8 Å². The summed E-state index contributed by atoms with van der Waals surface area (Å²) in [4.78, 5) is 26.0. The molecule has 7 nitrogen and oxygen atoms in total. The van der Waals surface area contributed by atoms with E-state index in [1.54, 1.807) is 24.3 Å². The van der Waals surface area contributed by atoms with E-state index in [1.165, 1.54) is 18.3 Å². The fourth-order valence-electron chi connectivity index (χ4n) is 1.70. The van der Waals surface area contributed by atoms with Gasteiger partial charge in [-0.05, 0) is 30.3 Å². The Bertz CT molecular complexity index is 683. The summed E-state index contributed by atoms with van der Waals surface area (Å²) < 4.78 is 0. The summed E-state index contributed by atoms with van der Waals surface area (Å²) in [6.07, 6.45) is 1.48. The van der Waals surface area contributed by atoms with Crippen LogP contribution in [-0.2, 0) is 4.79 Å². The Kier molecular flexibility index (Phi) is 4.67. The molecule has 2 N–H and O–H groups in total. The van der Waals surface area contributed by atoms with E-state index in [1.807, 2.05) is 13.8 Å². The van der Waals surface area contributed by atoms with E-state index < -0.39 is 4.92 Å². The number of hydrogen-bond donors (Lipinski definition) is 2. The van der Waals surface area contributed by atoms with Gasteiger partial charge in [0.1, 0.15) is 0 Å². The van der Waals surface area contributed by atoms with Crippen LogP contribution in [0.15, 0.2) is 42.6 Å². The van der Waals surface area contributed by atoms with Crippen molar-refractivity contribution in [2.45, 2.75) is 13.8 Å². The van der Waals surface area contributed by atoms with E-state index >= 15 is 0 Å². The Morgan fingerprint density at radius 2 is 1.82 bits per heavy atom. The van der Waals surface area contributed by atoms with Crippen molar-refractivity contribution in [2.24, 2.45) is 5.92 Å². The van der Waals surface area contributed by atoms with Crippen LogP contribution < -0.4 is 10.6 Å². The Labute approximate surface area is 127 Å². The zero-order valence-corrected chi connectivity index (χ0v) is 12.2. The molecule has 0 spiro atoms. The van der Waals surface area contributed by atoms with Crippen LogP contribution in [0.5, 0.6) is 0 Å². The number of nitro groups is 1. The molecular weight excluding hydrogens is 284 g/mol. The average molecular weight is 300 g/mol. The molecule has 0 aliphatic heterocycles. The molecule has 0 fully saturated rings. The SMILES string of the molecule is CC(C)C(=O)Nc1ccc(Nc2ncccc2[N+](=O)[O-])cc1. The molecule has 0 aliphatic carbocycles. The number of benzene rings is 1. The lowest BCUT2D eigenvalue weighted by atomic mass is 10.2. The molecule has 22 heavy (non-hydrogen) atoms. The molecule has 0 atom stereocenters. The van der Waals surface area contributed by atoms with Crippen LogP contribution >= 0.6 is 0 Å². The highest BCUT2D eigenvalue weighted by Gasteiger charge is 2.14. The smallest absolute Gasteiger partial charge is 0.311 e. The number of amides is 1. The van der Waals surface area contributed by atoms with Gasteiger partial charge in [0.05, 0.1) is 4.92 Å². The first-order valence-electron chi connectivity index (χ1n) is 6.74. The predicted octanol–water partition coefficient (Wildman–Crippen LogP) is 3.33. The number of aromatic nitrogens is 1. The van der Waals surface area contributed by atoms with Crippen molar-refractivity contribution < 1.29 is 9.72 Å². The van der Waals surface area contributed by atoms with Crippen molar-refractivity contribution in [3.8, 4) is 0 Å². The first-order valence-corrected chi connectivity index (χ1v) is 6.74. The minimum absolute atomic E-state index is 0.0685. The monoisotopic (exact) mass is 300 g/mol. The van der Waals surface area contributed by atoms with Crippen LogP contribution in [0.25, 0.3) is 0 Å². The quantitative estimate of drug-likeness (QED) is 0.652. The standard InChI is InChI=1S/C15H16N4O3/c1-10(2)15(20)18-12-7-5-11(6-8-12)17-14-13(19(21)22)4-3-9-16-14/h3-10H,1-2H3,(H,16,17)(H,18,20). The van der Waals surface area contributed by atoms with E-state index in [2.05, 4.69) is 15.6 Å². The number of nitrogens with one attached hydrogen (secondary N) is 2. The largest absolute Gasteiger partial charge is 0.334 e. The number of hydrogen-bond acceptors (Lipinski definition) is 5. The van der Waals surface area contributed by atoms with Crippen molar-refractivity contribution in [1.29, 1.82) is 0 Å². The maximum atomic E-state index is 11.6. The maximum Gasteiger partial charge on any atom is 0.311 e. The van der Waals surface area contributed by atoms with Gasteiger partial charge in [0.2, 0.25) is 11.7 Å². The summed E-state index contributed by atoms with van der Waals surface area (Å²) in [5.74, 6) is 0.00140. The summed E-state index contributed by atoms with van der Waals surface area (Å²) in [7, 11) is 0. The van der Waals surface area contributed by atoms with Gasteiger partial charge in [-0.3, -0.25) is 14.9 Å². The van der Waals surface area contributed by atoms with Crippen molar-refractivity contribution in [3.63, 3.8) is 0 Å². The predicted molar refractivity (Wildman–Crippen MR) is 84.1 cm³/mol. The highest BCUT2D eigenvalue weighted by molar-refractivity contribution is 5.92. The van der Waals surface area contributed by atoms with E-state index in [0.29, 0.717) is 11.4 Å². The van der Waals surface area contributed by atoms with Gasteiger partial charge in [-0.15, -0.1) is 0 Å². The summed E-state index contributed by atoms with van der Waals surface area (Å²) in [6.45, 7) is 3.62. The molecule has 0 saturated heterocycles. The van der Waals surface area contributed by atoms with Crippen LogP contribution in [0.2, 0.25) is 0 Å². The van der Waals surface area contributed by atoms with Gasteiger partial charge in [-0.25, -0.2) is 4.98 Å². The zero-order chi connectivity index (χ0) is 16.1. The third-order valence-electron chi connectivity index (χ3n) is 2.92. The molecule has 0 bridgehead atoms. The lowest BCUT2D eigenvalue weighted by Gasteiger charge is -2.09. The fourth-order valence-corrected chi connectivity index (χ4v) is 1.70. The number of rotatable bonds is 5. The molecule has 0 saturated carbocycles. The molecule has 1 heterocycles. The molecule has 1 aromatic carbocycles. The number of anilines is 3. The molecular formula is C15H16N4O3. The van der Waals surface area contributed by atoms with Crippen molar-refractivity contribution in [1.82, 2.24) is 4.98 Å². The van der Waals surface area contributed by atoms with E-state index in [9.17, 15) is 14.9 Å². The van der Waals surface area contributed by atoms with Crippen LogP contribution in [0.3, 0.4) is 0 Å². The third-order valence-corrected chi connectivity index (χ3v) is 2.92. The number of pyridine rings is 1. The molecule has 0 aliphatic rings. The van der Waals surface area contributed by atoms with E-state index in [-0.39, 0.29) is 23.3 Å². The molecule has 114 valence electrons. The highest BCUT2D eigenvalue weighted by atomic mass is 16.6. The second-order valence-corrected chi connectivity index (χ2v) is 4.97. The molecule has 7 heteroatoms. The number of nitrogens with zero attached hydrogens (tertiary/aromatic N) is 2. The van der Waals surface area contributed by atoms with Gasteiger partial charge in [0.25, 0.3) is 0 Å². The summed E-state index contributed by atoms with van der Waals surface area (Å²) in [5, 5.41) is 16.6. The molecule has 2 rings (SSSR count).